The van der Waals surface area contributed by atoms with Crippen molar-refractivity contribution >= 4 is 82.3 Å². The third-order valence-corrected chi connectivity index (χ3v) is 28.0. The average Bonchev–Trinajstić information content (AvgIpc) is 2.66. The van der Waals surface area contributed by atoms with Crippen LogP contribution in [0, 0.1) is 0 Å². The molecule has 0 heterocycles. The predicted molar refractivity (Wildman–Crippen MR) is 178 cm³/mol. The first-order chi connectivity index (χ1) is 14.5. The van der Waals surface area contributed by atoms with Crippen LogP contribution >= 0.6 is 0 Å². The molecule has 0 saturated heterocycles. The SMILES string of the molecule is C=C[Si](C)(C)O[SiH3].C=C[Si](C)(C)O[SiH3].C=C[Si](C)(C)O[SiH3].C[SiH](O[Si](C)(C)C)O[Si](C)(C)C. The minimum atomic E-state index is -1.36. The average molecular weight is 619 g/mol. The molecular weight excluding hydrogens is 561 g/mol. The summed E-state index contributed by atoms with van der Waals surface area (Å²) in [5.74, 6) is 0. The maximum absolute atomic E-state index is 5.90. The maximum Gasteiger partial charge on any atom is 0.297 e. The van der Waals surface area contributed by atoms with Gasteiger partial charge in [-0.3, -0.25) is 0 Å². The van der Waals surface area contributed by atoms with Crippen molar-refractivity contribution in [3.63, 3.8) is 0 Å². The molecule has 0 aromatic heterocycles. The highest BCUT2D eigenvalue weighted by Crippen LogP contribution is 2.11. The second-order valence-corrected chi connectivity index (χ2v) is 38.3. The summed E-state index contributed by atoms with van der Waals surface area (Å²) < 4.78 is 27.5. The Morgan fingerprint density at radius 2 is 0.697 bits per heavy atom. The molecule has 0 saturated carbocycles. The maximum atomic E-state index is 5.90. The second-order valence-electron chi connectivity index (χ2n) is 11.1. The lowest BCUT2D eigenvalue weighted by Crippen LogP contribution is -2.41. The van der Waals surface area contributed by atoms with Crippen LogP contribution in [-0.4, -0.2) is 82.3 Å². The smallest absolute Gasteiger partial charge is 0.297 e. The predicted octanol–water partition coefficient (Wildman–Crippen LogP) is 3.18. The van der Waals surface area contributed by atoms with Gasteiger partial charge in [0.25, 0.3) is 9.28 Å². The van der Waals surface area contributed by atoms with E-state index < -0.39 is 50.9 Å². The molecule has 33 heavy (non-hydrogen) atoms. The van der Waals surface area contributed by atoms with Gasteiger partial charge in [0, 0.05) is 0 Å². The van der Waals surface area contributed by atoms with Crippen LogP contribution in [0.3, 0.4) is 0 Å². The number of hydrogen-bond donors (Lipinski definition) is 0. The summed E-state index contributed by atoms with van der Waals surface area (Å²) in [5, 5.41) is 0. The Hall–Kier alpha value is 0.972. The molecule has 0 bridgehead atoms. The van der Waals surface area contributed by atoms with Gasteiger partial charge in [-0.2, -0.15) is 0 Å². The number of hydrogen-bond acceptors (Lipinski definition) is 5. The third kappa shape index (κ3) is 37.7. The Labute approximate surface area is 223 Å². The van der Waals surface area contributed by atoms with Crippen molar-refractivity contribution in [2.24, 2.45) is 0 Å². The topological polar surface area (TPSA) is 46.2 Å². The zero-order valence-electron chi connectivity index (χ0n) is 25.0. The molecule has 0 spiro atoms. The lowest BCUT2D eigenvalue weighted by molar-refractivity contribution is 0.428. The fraction of sp³-hybridized carbons (Fsp3) is 0.684. The van der Waals surface area contributed by atoms with Gasteiger partial charge in [0.15, 0.2) is 41.6 Å². The van der Waals surface area contributed by atoms with E-state index in [1.165, 1.54) is 0 Å². The lowest BCUT2D eigenvalue weighted by atomic mass is 11.3. The van der Waals surface area contributed by atoms with Crippen LogP contribution < -0.4 is 0 Å². The molecule has 0 fully saturated rings. The van der Waals surface area contributed by atoms with Crippen molar-refractivity contribution in [2.75, 3.05) is 0 Å². The summed E-state index contributed by atoms with van der Waals surface area (Å²) in [4.78, 5) is 0. The molecular formula is C19H58O5Si9. The molecule has 0 N–H and O–H groups in total. The summed E-state index contributed by atoms with van der Waals surface area (Å²) in [5.41, 5.74) is 5.83. The van der Waals surface area contributed by atoms with Gasteiger partial charge >= 0.3 is 0 Å². The summed E-state index contributed by atoms with van der Waals surface area (Å²) in [6, 6.07) is 0. The van der Waals surface area contributed by atoms with Crippen LogP contribution in [0.15, 0.2) is 36.8 Å². The standard InChI is InChI=1S/C7H22O2Si3.3C4H12OSi2/c1-10(8-11(2,3)4)9-12(5,6)7;3*1-4-7(2,3)5-6/h10H,1-7H3;3*4H,1H2,2-3,6H3. The van der Waals surface area contributed by atoms with E-state index in [0.717, 1.165) is 31.5 Å². The van der Waals surface area contributed by atoms with Gasteiger partial charge < -0.3 is 20.6 Å². The minimum Gasteiger partial charge on any atom is -0.461 e. The van der Waals surface area contributed by atoms with E-state index in [1.54, 1.807) is 0 Å². The Kier molecular flexibility index (Phi) is 23.8. The molecule has 5 nitrogen and oxygen atoms in total. The van der Waals surface area contributed by atoms with Crippen LogP contribution in [0.25, 0.3) is 0 Å². The molecule has 0 aliphatic carbocycles. The van der Waals surface area contributed by atoms with Crippen LogP contribution in [0.1, 0.15) is 0 Å². The Bertz CT molecular complexity index is 467. The van der Waals surface area contributed by atoms with Crippen LogP contribution in [0.5, 0.6) is 0 Å². The second kappa shape index (κ2) is 19.1. The molecule has 0 atom stereocenters. The van der Waals surface area contributed by atoms with E-state index in [2.05, 4.69) is 105 Å². The van der Waals surface area contributed by atoms with Crippen molar-refractivity contribution < 1.29 is 20.6 Å². The van der Waals surface area contributed by atoms with E-state index in [1.807, 2.05) is 17.1 Å². The van der Waals surface area contributed by atoms with Crippen molar-refractivity contribution in [1.29, 1.82) is 0 Å². The van der Waals surface area contributed by atoms with E-state index in [9.17, 15) is 0 Å². The summed E-state index contributed by atoms with van der Waals surface area (Å²) >= 11 is 0. The van der Waals surface area contributed by atoms with Gasteiger partial charge in [0.1, 0.15) is 31.5 Å². The molecule has 0 aromatic carbocycles. The highest BCUT2D eigenvalue weighted by molar-refractivity contribution is 6.81. The molecule has 0 unspecified atom stereocenters. The van der Waals surface area contributed by atoms with Crippen LogP contribution in [0.2, 0.25) is 85.1 Å². The van der Waals surface area contributed by atoms with Crippen LogP contribution in [-0.2, 0) is 20.6 Å². The van der Waals surface area contributed by atoms with E-state index in [4.69, 9.17) is 20.6 Å². The van der Waals surface area contributed by atoms with Gasteiger partial charge in [-0.25, -0.2) is 0 Å². The quantitative estimate of drug-likeness (QED) is 0.352. The zero-order chi connectivity index (χ0) is 27.7. The van der Waals surface area contributed by atoms with E-state index in [0.29, 0.717) is 0 Å². The van der Waals surface area contributed by atoms with Gasteiger partial charge in [-0.05, 0) is 85.1 Å². The van der Waals surface area contributed by atoms with Crippen LogP contribution in [0.4, 0.5) is 0 Å². The first-order valence-electron chi connectivity index (χ1n) is 11.4. The molecule has 200 valence electrons. The minimum absolute atomic E-state index is 0.848. The van der Waals surface area contributed by atoms with Crippen molar-refractivity contribution in [3.8, 4) is 0 Å². The molecule has 0 aromatic rings. The highest BCUT2D eigenvalue weighted by atomic mass is 28.4. The highest BCUT2D eigenvalue weighted by Gasteiger charge is 2.24. The van der Waals surface area contributed by atoms with Crippen molar-refractivity contribution in [3.05, 3.63) is 36.8 Å². The summed E-state index contributed by atoms with van der Waals surface area (Å²) in [6.45, 7) is 39.2. The summed E-state index contributed by atoms with van der Waals surface area (Å²) in [6.07, 6.45) is 0. The Morgan fingerprint density at radius 1 is 0.515 bits per heavy atom. The molecule has 0 radical (unpaired) electrons. The van der Waals surface area contributed by atoms with Gasteiger partial charge in [-0.1, -0.05) is 17.1 Å². The van der Waals surface area contributed by atoms with Crippen molar-refractivity contribution in [2.45, 2.75) is 85.1 Å². The normalized spacial score (nSPS) is 12.5. The first kappa shape index (κ1) is 41.1. The van der Waals surface area contributed by atoms with Gasteiger partial charge in [0.2, 0.25) is 0 Å². The summed E-state index contributed by atoms with van der Waals surface area (Å²) in [7, 11) is -5.49. The fourth-order valence-electron chi connectivity index (χ4n) is 1.27. The largest absolute Gasteiger partial charge is 0.461 e. The van der Waals surface area contributed by atoms with Gasteiger partial charge in [-0.15, -0.1) is 19.7 Å². The molecule has 14 heteroatoms. The first-order valence-corrected chi connectivity index (χ1v) is 31.7. The number of rotatable bonds is 10. The zero-order valence-corrected chi connectivity index (χ0v) is 37.1. The van der Waals surface area contributed by atoms with E-state index in [-0.39, 0.29) is 0 Å². The third-order valence-electron chi connectivity index (χ3n) is 4.09. The lowest BCUT2D eigenvalue weighted by Gasteiger charge is -2.28. The van der Waals surface area contributed by atoms with Gasteiger partial charge in [0.05, 0.1) is 0 Å². The molecule has 0 rings (SSSR count). The van der Waals surface area contributed by atoms with E-state index >= 15 is 0 Å². The fourth-order valence-corrected chi connectivity index (χ4v) is 11.9. The molecule has 0 aliphatic rings. The Balaban J connectivity index is -0.000000176. The molecule has 0 aliphatic heterocycles. The Morgan fingerprint density at radius 3 is 0.758 bits per heavy atom. The monoisotopic (exact) mass is 618 g/mol. The van der Waals surface area contributed by atoms with Crippen molar-refractivity contribution in [1.82, 2.24) is 0 Å². The molecule has 0 amide bonds.